The van der Waals surface area contributed by atoms with Crippen molar-refractivity contribution in [1.29, 1.82) is 0 Å². The topological polar surface area (TPSA) is 82.1 Å². The van der Waals surface area contributed by atoms with Gasteiger partial charge in [-0.05, 0) is 25.0 Å². The molecule has 1 unspecified atom stereocenters. The molecule has 2 aromatic rings. The van der Waals surface area contributed by atoms with Gasteiger partial charge in [-0.15, -0.1) is 0 Å². The van der Waals surface area contributed by atoms with E-state index in [4.69, 9.17) is 30.9 Å². The highest BCUT2D eigenvalue weighted by molar-refractivity contribution is 6.31. The Morgan fingerprint density at radius 2 is 1.84 bits per heavy atom. The van der Waals surface area contributed by atoms with Gasteiger partial charge < -0.3 is 19.3 Å². The molecule has 0 aliphatic carbocycles. The normalized spacial score (nSPS) is 21.2. The summed E-state index contributed by atoms with van der Waals surface area (Å²) in [5, 5.41) is 9.34. The first-order valence-electron chi connectivity index (χ1n) is 10.1. The Morgan fingerprint density at radius 3 is 2.55 bits per heavy atom. The van der Waals surface area contributed by atoms with E-state index in [9.17, 15) is 9.59 Å². The Hall–Kier alpha value is -2.67. The van der Waals surface area contributed by atoms with Crippen molar-refractivity contribution >= 4 is 23.5 Å². The summed E-state index contributed by atoms with van der Waals surface area (Å²) in [5.41, 5.74) is 1.48. The van der Waals surface area contributed by atoms with Gasteiger partial charge in [-0.25, -0.2) is 0 Å². The van der Waals surface area contributed by atoms with Crippen LogP contribution in [0.25, 0.3) is 0 Å². The predicted molar refractivity (Wildman–Crippen MR) is 116 cm³/mol. The summed E-state index contributed by atoms with van der Waals surface area (Å²) >= 11 is 6.34. The molecular weight excluding hydrogens is 420 g/mol. The molecule has 2 aromatic carbocycles. The number of carbonyl (C=O) groups excluding carboxylic acids is 1. The van der Waals surface area contributed by atoms with E-state index in [1.165, 1.54) is 6.92 Å². The quantitative estimate of drug-likeness (QED) is 0.330. The number of halogens is 1. The van der Waals surface area contributed by atoms with Crippen LogP contribution < -0.4 is 4.74 Å². The van der Waals surface area contributed by atoms with Crippen molar-refractivity contribution < 1.29 is 28.9 Å². The zero-order valence-electron chi connectivity index (χ0n) is 17.2. The van der Waals surface area contributed by atoms with E-state index in [-0.39, 0.29) is 12.3 Å². The van der Waals surface area contributed by atoms with E-state index < -0.39 is 24.3 Å². The molecule has 1 fully saturated rings. The molecular formula is C24H25ClO6. The zero-order chi connectivity index (χ0) is 22.2. The lowest BCUT2D eigenvalue weighted by molar-refractivity contribution is -0.244. The molecule has 0 aromatic heterocycles. The Morgan fingerprint density at radius 1 is 1.13 bits per heavy atom. The summed E-state index contributed by atoms with van der Waals surface area (Å²) in [6.45, 7) is 1.76. The van der Waals surface area contributed by atoms with Crippen molar-refractivity contribution in [1.82, 2.24) is 0 Å². The molecule has 1 heterocycles. The van der Waals surface area contributed by atoms with Crippen LogP contribution in [0.4, 0.5) is 0 Å². The van der Waals surface area contributed by atoms with Crippen LogP contribution in [0.5, 0.6) is 5.75 Å². The van der Waals surface area contributed by atoms with Crippen LogP contribution in [0, 0.1) is 5.92 Å². The van der Waals surface area contributed by atoms with Gasteiger partial charge >= 0.3 is 11.9 Å². The number of allylic oxidation sites excluding steroid dienone is 2. The number of ether oxygens (including phenoxy) is 3. The van der Waals surface area contributed by atoms with Gasteiger partial charge in [-0.3, -0.25) is 9.59 Å². The highest BCUT2D eigenvalue weighted by atomic mass is 35.5. The molecule has 0 bridgehead atoms. The van der Waals surface area contributed by atoms with Gasteiger partial charge in [0.05, 0.1) is 12.7 Å². The first-order valence-corrected chi connectivity index (χ1v) is 10.5. The summed E-state index contributed by atoms with van der Waals surface area (Å²) in [6.07, 6.45) is 3.89. The number of benzene rings is 2. The van der Waals surface area contributed by atoms with E-state index in [2.05, 4.69) is 0 Å². The number of carboxylic acids is 1. The fourth-order valence-corrected chi connectivity index (χ4v) is 3.71. The predicted octanol–water partition coefficient (Wildman–Crippen LogP) is 5.48. The van der Waals surface area contributed by atoms with Crippen LogP contribution in [0.1, 0.15) is 49.7 Å². The second kappa shape index (κ2) is 11.1. The molecule has 0 spiro atoms. The average Bonchev–Trinajstić information content (AvgIpc) is 2.74. The minimum atomic E-state index is -0.829. The maximum absolute atomic E-state index is 11.6. The highest BCUT2D eigenvalue weighted by Crippen LogP contribution is 2.43. The van der Waals surface area contributed by atoms with Gasteiger partial charge in [0, 0.05) is 35.4 Å². The number of esters is 1. The van der Waals surface area contributed by atoms with E-state index in [1.54, 1.807) is 18.2 Å². The maximum atomic E-state index is 11.6. The number of hydrogen-bond donors (Lipinski definition) is 1. The second-order valence-corrected chi connectivity index (χ2v) is 7.68. The molecule has 7 heteroatoms. The molecule has 164 valence electrons. The molecule has 31 heavy (non-hydrogen) atoms. The number of carboxylic acid groups (broad SMARTS) is 1. The molecule has 3 atom stereocenters. The molecule has 0 radical (unpaired) electrons. The van der Waals surface area contributed by atoms with E-state index in [0.717, 1.165) is 11.1 Å². The largest absolute Gasteiger partial charge is 0.481 e. The smallest absolute Gasteiger partial charge is 0.308 e. The number of para-hydroxylation sites is 1. The highest BCUT2D eigenvalue weighted by Gasteiger charge is 2.35. The molecule has 1 N–H and O–H groups in total. The van der Waals surface area contributed by atoms with Crippen LogP contribution >= 0.6 is 11.6 Å². The van der Waals surface area contributed by atoms with Crippen molar-refractivity contribution in [2.75, 3.05) is 6.61 Å². The van der Waals surface area contributed by atoms with Crippen LogP contribution in [-0.2, 0) is 19.1 Å². The maximum Gasteiger partial charge on any atom is 0.308 e. The van der Waals surface area contributed by atoms with Gasteiger partial charge in [0.1, 0.15) is 5.75 Å². The van der Waals surface area contributed by atoms with Crippen LogP contribution in [-0.4, -0.2) is 23.7 Å². The Balaban J connectivity index is 1.85. The third-order valence-electron chi connectivity index (χ3n) is 4.93. The minimum absolute atomic E-state index is 0.0588. The molecule has 1 aliphatic rings. The molecule has 0 amide bonds. The van der Waals surface area contributed by atoms with E-state index >= 15 is 0 Å². The van der Waals surface area contributed by atoms with Gasteiger partial charge in [0.25, 0.3) is 0 Å². The Kier molecular flexibility index (Phi) is 8.23. The standard InChI is InChI=1S/C24H25ClO6/c1-16(26)30-21-13-8-6-11-19(21)23-17(9-3-2-4-14-22(27)28)15-29-24(31-23)18-10-5-7-12-20(18)25/h2-3,5-8,10-13,17,23-24H,4,9,14-15H2,1H3,(H,27,28)/b3-2-/t17-,23+,24?/m1/s1. The second-order valence-electron chi connectivity index (χ2n) is 7.27. The van der Waals surface area contributed by atoms with Crippen LogP contribution in [0.2, 0.25) is 5.02 Å². The van der Waals surface area contributed by atoms with Crippen molar-refractivity contribution in [3.05, 3.63) is 76.8 Å². The lowest BCUT2D eigenvalue weighted by Crippen LogP contribution is -2.31. The Labute approximate surface area is 186 Å². The lowest BCUT2D eigenvalue weighted by atomic mass is 9.91. The molecule has 1 aliphatic heterocycles. The third-order valence-corrected chi connectivity index (χ3v) is 5.27. The summed E-state index contributed by atoms with van der Waals surface area (Å²) in [5.74, 6) is -0.854. The average molecular weight is 445 g/mol. The summed E-state index contributed by atoms with van der Waals surface area (Å²) in [7, 11) is 0. The van der Waals surface area contributed by atoms with Gasteiger partial charge in [0.2, 0.25) is 0 Å². The van der Waals surface area contributed by atoms with Crippen LogP contribution in [0.3, 0.4) is 0 Å². The van der Waals surface area contributed by atoms with Crippen molar-refractivity contribution in [3.8, 4) is 5.75 Å². The molecule has 6 nitrogen and oxygen atoms in total. The number of aliphatic carboxylic acids is 1. The molecule has 1 saturated heterocycles. The summed E-state index contributed by atoms with van der Waals surface area (Å²) < 4.78 is 17.7. The fraction of sp³-hybridized carbons (Fsp3) is 0.333. The van der Waals surface area contributed by atoms with Gasteiger partial charge in [-0.2, -0.15) is 0 Å². The van der Waals surface area contributed by atoms with Crippen molar-refractivity contribution in [2.24, 2.45) is 5.92 Å². The molecule has 0 saturated carbocycles. The minimum Gasteiger partial charge on any atom is -0.481 e. The number of rotatable bonds is 8. The zero-order valence-corrected chi connectivity index (χ0v) is 18.0. The SMILES string of the molecule is CC(=O)Oc1ccccc1[C@H]1OC(c2ccccc2Cl)OC[C@H]1C/C=C\CCC(=O)O. The lowest BCUT2D eigenvalue weighted by Gasteiger charge is -2.37. The third kappa shape index (κ3) is 6.40. The van der Waals surface area contributed by atoms with E-state index in [0.29, 0.717) is 30.2 Å². The monoisotopic (exact) mass is 444 g/mol. The summed E-state index contributed by atoms with van der Waals surface area (Å²) in [4.78, 5) is 22.3. The summed E-state index contributed by atoms with van der Waals surface area (Å²) in [6, 6.07) is 14.6. The first kappa shape index (κ1) is 23.0. The van der Waals surface area contributed by atoms with Crippen molar-refractivity contribution in [3.63, 3.8) is 0 Å². The van der Waals surface area contributed by atoms with Gasteiger partial charge in [-0.1, -0.05) is 60.2 Å². The fourth-order valence-electron chi connectivity index (χ4n) is 3.49. The van der Waals surface area contributed by atoms with Gasteiger partial charge in [0.15, 0.2) is 6.29 Å². The Bertz CT molecular complexity index is 941. The molecule has 3 rings (SSSR count). The number of hydrogen-bond acceptors (Lipinski definition) is 5. The van der Waals surface area contributed by atoms with Crippen molar-refractivity contribution in [2.45, 2.75) is 38.6 Å². The van der Waals surface area contributed by atoms with E-state index in [1.807, 2.05) is 42.5 Å². The number of carbonyl (C=O) groups is 2. The van der Waals surface area contributed by atoms with Crippen LogP contribution in [0.15, 0.2) is 60.7 Å². The first-order chi connectivity index (χ1) is 15.0.